The molecule has 110 valence electrons. The molecule has 0 bridgehead atoms. The van der Waals surface area contributed by atoms with Gasteiger partial charge in [-0.2, -0.15) is 0 Å². The first kappa shape index (κ1) is 16.2. The van der Waals surface area contributed by atoms with Gasteiger partial charge in [-0.15, -0.1) is 0 Å². The molecule has 20 heavy (non-hydrogen) atoms. The molecular weight excluding hydrogens is 254 g/mol. The fourth-order valence-electron chi connectivity index (χ4n) is 1.74. The van der Waals surface area contributed by atoms with E-state index in [9.17, 15) is 9.59 Å². The molecule has 0 aromatic heterocycles. The molecule has 4 nitrogen and oxygen atoms in total. The molecular formula is C16H23NO3. The van der Waals surface area contributed by atoms with Crippen molar-refractivity contribution in [3.8, 4) is 0 Å². The van der Waals surface area contributed by atoms with Crippen molar-refractivity contribution < 1.29 is 14.3 Å². The minimum atomic E-state index is -0.538. The Labute approximate surface area is 120 Å². The zero-order valence-corrected chi connectivity index (χ0v) is 12.9. The highest BCUT2D eigenvalue weighted by molar-refractivity contribution is 5.95. The van der Waals surface area contributed by atoms with Crippen LogP contribution in [-0.2, 0) is 16.0 Å². The van der Waals surface area contributed by atoms with Crippen LogP contribution in [0.4, 0.5) is 0 Å². The predicted molar refractivity (Wildman–Crippen MR) is 78.6 cm³/mol. The van der Waals surface area contributed by atoms with Crippen molar-refractivity contribution in [3.63, 3.8) is 0 Å². The summed E-state index contributed by atoms with van der Waals surface area (Å²) < 4.78 is 5.20. The van der Waals surface area contributed by atoms with Crippen molar-refractivity contribution in [1.82, 2.24) is 4.90 Å². The van der Waals surface area contributed by atoms with Crippen molar-refractivity contribution in [2.24, 2.45) is 0 Å². The van der Waals surface area contributed by atoms with Gasteiger partial charge in [0.1, 0.15) is 12.1 Å². The number of hydrogen-bond donors (Lipinski definition) is 0. The summed E-state index contributed by atoms with van der Waals surface area (Å²) >= 11 is 0. The molecule has 0 spiro atoms. The maximum absolute atomic E-state index is 12.2. The Balaban J connectivity index is 2.64. The first-order valence-corrected chi connectivity index (χ1v) is 6.79. The Morgan fingerprint density at radius 3 is 2.15 bits per heavy atom. The fraction of sp³-hybridized carbons (Fsp3) is 0.500. The zero-order valence-electron chi connectivity index (χ0n) is 12.9. The van der Waals surface area contributed by atoms with Gasteiger partial charge in [-0.3, -0.25) is 9.59 Å². The second kappa shape index (κ2) is 6.55. The lowest BCUT2D eigenvalue weighted by molar-refractivity contribution is -0.155. The van der Waals surface area contributed by atoms with Crippen LogP contribution in [0, 0.1) is 0 Å². The van der Waals surface area contributed by atoms with Gasteiger partial charge in [0.15, 0.2) is 0 Å². The summed E-state index contributed by atoms with van der Waals surface area (Å²) in [7, 11) is 1.60. The number of amides is 1. The molecule has 0 heterocycles. The fourth-order valence-corrected chi connectivity index (χ4v) is 1.74. The van der Waals surface area contributed by atoms with E-state index in [1.165, 1.54) is 10.5 Å². The molecule has 0 unspecified atom stereocenters. The van der Waals surface area contributed by atoms with E-state index < -0.39 is 11.6 Å². The maximum Gasteiger partial charge on any atom is 0.326 e. The van der Waals surface area contributed by atoms with Crippen LogP contribution in [0.3, 0.4) is 0 Å². The monoisotopic (exact) mass is 277 g/mol. The van der Waals surface area contributed by atoms with Crippen LogP contribution in [-0.4, -0.2) is 36.0 Å². The summed E-state index contributed by atoms with van der Waals surface area (Å²) in [6, 6.07) is 7.42. The van der Waals surface area contributed by atoms with Gasteiger partial charge in [0.2, 0.25) is 0 Å². The van der Waals surface area contributed by atoms with E-state index in [4.69, 9.17) is 4.74 Å². The highest BCUT2D eigenvalue weighted by Crippen LogP contribution is 2.10. The highest BCUT2D eigenvalue weighted by atomic mass is 16.6. The Morgan fingerprint density at radius 1 is 1.15 bits per heavy atom. The molecule has 0 saturated carbocycles. The number of aryl methyl sites for hydroxylation is 1. The van der Waals surface area contributed by atoms with Gasteiger partial charge in [0.25, 0.3) is 5.91 Å². The number of benzene rings is 1. The van der Waals surface area contributed by atoms with E-state index in [2.05, 4.69) is 6.92 Å². The van der Waals surface area contributed by atoms with Gasteiger partial charge in [0, 0.05) is 12.6 Å². The van der Waals surface area contributed by atoms with E-state index in [0.29, 0.717) is 5.56 Å². The van der Waals surface area contributed by atoms with E-state index in [1.54, 1.807) is 40.0 Å². The lowest BCUT2D eigenvalue weighted by atomic mass is 10.1. The van der Waals surface area contributed by atoms with Crippen LogP contribution >= 0.6 is 0 Å². The molecule has 1 rings (SSSR count). The zero-order chi connectivity index (χ0) is 15.3. The minimum Gasteiger partial charge on any atom is -0.459 e. The minimum absolute atomic E-state index is 0.0500. The first-order chi connectivity index (χ1) is 9.23. The molecule has 0 aliphatic heterocycles. The molecule has 0 aliphatic rings. The smallest absolute Gasteiger partial charge is 0.326 e. The SMILES string of the molecule is CCc1ccc(C(=O)N(C)CC(=O)OC(C)(C)C)cc1. The number of nitrogens with zero attached hydrogens (tertiary/aromatic N) is 1. The Bertz CT molecular complexity index is 471. The molecule has 1 amide bonds. The molecule has 0 saturated heterocycles. The number of rotatable bonds is 4. The van der Waals surface area contributed by atoms with Gasteiger partial charge in [0.05, 0.1) is 0 Å². The first-order valence-electron chi connectivity index (χ1n) is 6.79. The third-order valence-electron chi connectivity index (χ3n) is 2.74. The quantitative estimate of drug-likeness (QED) is 0.795. The van der Waals surface area contributed by atoms with E-state index in [-0.39, 0.29) is 12.5 Å². The number of ether oxygens (including phenoxy) is 1. The van der Waals surface area contributed by atoms with Gasteiger partial charge in [-0.1, -0.05) is 19.1 Å². The molecule has 0 radical (unpaired) electrons. The van der Waals surface area contributed by atoms with Gasteiger partial charge < -0.3 is 9.64 Å². The second-order valence-electron chi connectivity index (χ2n) is 5.80. The summed E-state index contributed by atoms with van der Waals surface area (Å²) in [5.41, 5.74) is 1.22. The maximum atomic E-state index is 12.2. The number of hydrogen-bond acceptors (Lipinski definition) is 3. The molecule has 1 aromatic carbocycles. The van der Waals surface area contributed by atoms with Crippen LogP contribution in [0.1, 0.15) is 43.6 Å². The topological polar surface area (TPSA) is 46.6 Å². The van der Waals surface area contributed by atoms with Crippen molar-refractivity contribution in [2.75, 3.05) is 13.6 Å². The third-order valence-corrected chi connectivity index (χ3v) is 2.74. The average Bonchev–Trinajstić information content (AvgIpc) is 2.35. The Kier molecular flexibility index (Phi) is 5.31. The average molecular weight is 277 g/mol. The van der Waals surface area contributed by atoms with E-state index >= 15 is 0 Å². The molecule has 4 heteroatoms. The van der Waals surface area contributed by atoms with Crippen molar-refractivity contribution in [3.05, 3.63) is 35.4 Å². The van der Waals surface area contributed by atoms with Crippen LogP contribution in [0.15, 0.2) is 24.3 Å². The van der Waals surface area contributed by atoms with Crippen molar-refractivity contribution in [1.29, 1.82) is 0 Å². The van der Waals surface area contributed by atoms with Crippen molar-refractivity contribution >= 4 is 11.9 Å². The number of carbonyl (C=O) groups excluding carboxylic acids is 2. The molecule has 0 atom stereocenters. The van der Waals surface area contributed by atoms with Gasteiger partial charge in [-0.05, 0) is 44.9 Å². The van der Waals surface area contributed by atoms with Gasteiger partial charge >= 0.3 is 5.97 Å². The predicted octanol–water partition coefficient (Wildman–Crippen LogP) is 2.66. The summed E-state index contributed by atoms with van der Waals surface area (Å²) in [4.78, 5) is 25.2. The van der Waals surface area contributed by atoms with Crippen LogP contribution in [0.25, 0.3) is 0 Å². The summed E-state index contributed by atoms with van der Waals surface area (Å²) in [5.74, 6) is -0.586. The Morgan fingerprint density at radius 2 is 1.70 bits per heavy atom. The second-order valence-corrected chi connectivity index (χ2v) is 5.80. The molecule has 0 aliphatic carbocycles. The summed E-state index contributed by atoms with van der Waals surface area (Å²) in [5, 5.41) is 0. The normalized spacial score (nSPS) is 11.1. The number of likely N-dealkylation sites (N-methyl/N-ethyl adjacent to an activating group) is 1. The standard InChI is InChI=1S/C16H23NO3/c1-6-12-7-9-13(10-8-12)15(19)17(5)11-14(18)20-16(2,3)4/h7-10H,6,11H2,1-5H3. The molecule has 1 aromatic rings. The lowest BCUT2D eigenvalue weighted by Crippen LogP contribution is -2.36. The highest BCUT2D eigenvalue weighted by Gasteiger charge is 2.20. The summed E-state index contributed by atoms with van der Waals surface area (Å²) in [6.45, 7) is 7.42. The number of esters is 1. The lowest BCUT2D eigenvalue weighted by Gasteiger charge is -2.22. The number of carbonyl (C=O) groups is 2. The van der Waals surface area contributed by atoms with E-state index in [1.807, 2.05) is 12.1 Å². The van der Waals surface area contributed by atoms with Gasteiger partial charge in [-0.25, -0.2) is 0 Å². The van der Waals surface area contributed by atoms with Crippen molar-refractivity contribution in [2.45, 2.75) is 39.7 Å². The van der Waals surface area contributed by atoms with Crippen LogP contribution < -0.4 is 0 Å². The van der Waals surface area contributed by atoms with Crippen LogP contribution in [0.2, 0.25) is 0 Å². The largest absolute Gasteiger partial charge is 0.459 e. The summed E-state index contributed by atoms with van der Waals surface area (Å²) in [6.07, 6.45) is 0.933. The Hall–Kier alpha value is -1.84. The molecule has 0 fully saturated rings. The van der Waals surface area contributed by atoms with Crippen LogP contribution in [0.5, 0.6) is 0 Å². The molecule has 0 N–H and O–H groups in total. The third kappa shape index (κ3) is 5.03. The van der Waals surface area contributed by atoms with E-state index in [0.717, 1.165) is 6.42 Å².